The molecule has 0 spiro atoms. The fraction of sp³-hybridized carbons (Fsp3) is 0.0833. The SMILES string of the molecule is COC(=O)c1ccc(S)c(-c2cccs2)c1.[Zn]. The van der Waals surface area contributed by atoms with Gasteiger partial charge in [-0.05, 0) is 29.6 Å². The number of carbonyl (C=O) groups excluding carboxylic acids is 1. The van der Waals surface area contributed by atoms with E-state index in [0.29, 0.717) is 5.56 Å². The number of hydrogen-bond acceptors (Lipinski definition) is 4. The van der Waals surface area contributed by atoms with Crippen molar-refractivity contribution in [2.24, 2.45) is 0 Å². The number of hydrogen-bond donors (Lipinski definition) is 1. The van der Waals surface area contributed by atoms with Crippen molar-refractivity contribution in [2.45, 2.75) is 4.90 Å². The van der Waals surface area contributed by atoms with Gasteiger partial charge in [-0.1, -0.05) is 6.07 Å². The molecule has 0 aliphatic carbocycles. The fourth-order valence-electron chi connectivity index (χ4n) is 1.41. The molecule has 0 N–H and O–H groups in total. The van der Waals surface area contributed by atoms with E-state index in [2.05, 4.69) is 17.4 Å². The van der Waals surface area contributed by atoms with Crippen LogP contribution in [0.15, 0.2) is 40.6 Å². The van der Waals surface area contributed by atoms with Crippen LogP contribution in [0.1, 0.15) is 10.4 Å². The van der Waals surface area contributed by atoms with Crippen LogP contribution in [0, 0.1) is 0 Å². The third kappa shape index (κ3) is 3.18. The molecule has 2 rings (SSSR count). The van der Waals surface area contributed by atoms with Gasteiger partial charge in [0.05, 0.1) is 12.7 Å². The average Bonchev–Trinajstić information content (AvgIpc) is 2.82. The van der Waals surface area contributed by atoms with Gasteiger partial charge in [0.15, 0.2) is 0 Å². The Labute approximate surface area is 122 Å². The van der Waals surface area contributed by atoms with Crippen LogP contribution in [0.3, 0.4) is 0 Å². The number of thiol groups is 1. The Hall–Kier alpha value is -0.637. The predicted molar refractivity (Wildman–Crippen MR) is 68.3 cm³/mol. The summed E-state index contributed by atoms with van der Waals surface area (Å²) >= 11 is 6.00. The number of methoxy groups -OCH3 is 1. The number of benzene rings is 1. The first kappa shape index (κ1) is 14.4. The maximum absolute atomic E-state index is 11.4. The maximum atomic E-state index is 11.4. The van der Waals surface area contributed by atoms with E-state index < -0.39 is 0 Å². The zero-order valence-corrected chi connectivity index (χ0v) is 14.0. The molecule has 0 aliphatic rings. The van der Waals surface area contributed by atoms with Gasteiger partial charge in [-0.15, -0.1) is 24.0 Å². The normalized spacial score (nSPS) is 9.53. The second-order valence-electron chi connectivity index (χ2n) is 3.20. The van der Waals surface area contributed by atoms with Crippen LogP contribution in [-0.4, -0.2) is 13.1 Å². The third-order valence-corrected chi connectivity index (χ3v) is 3.50. The molecule has 0 amide bonds. The van der Waals surface area contributed by atoms with Gasteiger partial charge in [0.1, 0.15) is 0 Å². The van der Waals surface area contributed by atoms with E-state index in [1.807, 2.05) is 23.6 Å². The Morgan fingerprint density at radius 2 is 2.12 bits per heavy atom. The van der Waals surface area contributed by atoms with E-state index in [9.17, 15) is 4.79 Å². The van der Waals surface area contributed by atoms with Crippen LogP contribution in [0.2, 0.25) is 0 Å². The van der Waals surface area contributed by atoms with Gasteiger partial charge in [0, 0.05) is 34.8 Å². The fourth-order valence-corrected chi connectivity index (χ4v) is 2.50. The van der Waals surface area contributed by atoms with Crippen molar-refractivity contribution in [3.05, 3.63) is 41.3 Å². The topological polar surface area (TPSA) is 26.3 Å². The summed E-state index contributed by atoms with van der Waals surface area (Å²) in [6.45, 7) is 0. The summed E-state index contributed by atoms with van der Waals surface area (Å²) in [7, 11) is 1.38. The Kier molecular flexibility index (Phi) is 5.38. The Balaban J connectivity index is 0.00000144. The Morgan fingerprint density at radius 1 is 1.35 bits per heavy atom. The minimum atomic E-state index is -0.328. The van der Waals surface area contributed by atoms with Crippen molar-refractivity contribution >= 4 is 29.9 Å². The minimum Gasteiger partial charge on any atom is -0.465 e. The molecule has 2 nitrogen and oxygen atoms in total. The molecule has 0 bridgehead atoms. The quantitative estimate of drug-likeness (QED) is 0.521. The monoisotopic (exact) mass is 314 g/mol. The molecule has 1 aromatic carbocycles. The van der Waals surface area contributed by atoms with Crippen molar-refractivity contribution in [1.29, 1.82) is 0 Å². The molecule has 0 atom stereocenters. The summed E-state index contributed by atoms with van der Waals surface area (Å²) in [5.41, 5.74) is 1.50. The van der Waals surface area contributed by atoms with E-state index in [1.165, 1.54) is 7.11 Å². The average molecular weight is 316 g/mol. The number of thiophene rings is 1. The van der Waals surface area contributed by atoms with E-state index in [1.54, 1.807) is 23.5 Å². The molecule has 5 heteroatoms. The van der Waals surface area contributed by atoms with E-state index >= 15 is 0 Å². The molecule has 1 aromatic heterocycles. The minimum absolute atomic E-state index is 0. The second-order valence-corrected chi connectivity index (χ2v) is 4.63. The summed E-state index contributed by atoms with van der Waals surface area (Å²) in [5.74, 6) is -0.328. The molecule has 0 radical (unpaired) electrons. The van der Waals surface area contributed by atoms with Crippen molar-refractivity contribution < 1.29 is 29.0 Å². The molecule has 2 aromatic rings. The van der Waals surface area contributed by atoms with Gasteiger partial charge in [0.25, 0.3) is 0 Å². The molecule has 0 saturated carbocycles. The summed E-state index contributed by atoms with van der Waals surface area (Å²) in [4.78, 5) is 13.4. The number of carbonyl (C=O) groups is 1. The van der Waals surface area contributed by atoms with Gasteiger partial charge in [0.2, 0.25) is 0 Å². The molecule has 0 aliphatic heterocycles. The summed E-state index contributed by atoms with van der Waals surface area (Å²) in [5, 5.41) is 1.99. The van der Waals surface area contributed by atoms with Crippen molar-refractivity contribution in [2.75, 3.05) is 7.11 Å². The smallest absolute Gasteiger partial charge is 0.337 e. The first-order chi connectivity index (χ1) is 7.72. The molecule has 0 fully saturated rings. The van der Waals surface area contributed by atoms with Crippen LogP contribution in [-0.2, 0) is 24.2 Å². The summed E-state index contributed by atoms with van der Waals surface area (Å²) < 4.78 is 4.69. The van der Waals surface area contributed by atoms with Gasteiger partial charge in [-0.2, -0.15) is 0 Å². The van der Waals surface area contributed by atoms with Crippen LogP contribution >= 0.6 is 24.0 Å². The van der Waals surface area contributed by atoms with Crippen LogP contribution in [0.5, 0.6) is 0 Å². The summed E-state index contributed by atoms with van der Waals surface area (Å²) in [6, 6.07) is 9.30. The van der Waals surface area contributed by atoms with Crippen molar-refractivity contribution in [3.8, 4) is 10.4 Å². The second kappa shape index (κ2) is 6.34. The van der Waals surface area contributed by atoms with Gasteiger partial charge in [-0.3, -0.25) is 0 Å². The molecule has 17 heavy (non-hydrogen) atoms. The summed E-state index contributed by atoms with van der Waals surface area (Å²) in [6.07, 6.45) is 0. The largest absolute Gasteiger partial charge is 0.465 e. The van der Waals surface area contributed by atoms with E-state index in [0.717, 1.165) is 15.3 Å². The third-order valence-electron chi connectivity index (χ3n) is 2.20. The van der Waals surface area contributed by atoms with Gasteiger partial charge < -0.3 is 4.74 Å². The van der Waals surface area contributed by atoms with E-state index in [-0.39, 0.29) is 25.4 Å². The molecular weight excluding hydrogens is 306 g/mol. The molecular formula is C12H10O2S2Zn. The zero-order valence-electron chi connectivity index (χ0n) is 9.34. The Morgan fingerprint density at radius 3 is 2.71 bits per heavy atom. The molecule has 0 saturated heterocycles. The van der Waals surface area contributed by atoms with Crippen LogP contribution < -0.4 is 0 Å². The van der Waals surface area contributed by atoms with Crippen LogP contribution in [0.4, 0.5) is 0 Å². The number of esters is 1. The first-order valence-electron chi connectivity index (χ1n) is 4.67. The van der Waals surface area contributed by atoms with E-state index in [4.69, 9.17) is 0 Å². The number of ether oxygens (including phenoxy) is 1. The van der Waals surface area contributed by atoms with Crippen LogP contribution in [0.25, 0.3) is 10.4 Å². The molecule has 1 heterocycles. The molecule has 84 valence electrons. The number of rotatable bonds is 2. The van der Waals surface area contributed by atoms with Crippen molar-refractivity contribution in [3.63, 3.8) is 0 Å². The van der Waals surface area contributed by atoms with Gasteiger partial charge in [-0.25, -0.2) is 4.79 Å². The molecule has 0 unspecified atom stereocenters. The standard InChI is InChI=1S/C12H10O2S2.Zn/c1-14-12(13)8-4-5-10(15)9(7-8)11-3-2-6-16-11;/h2-7,15H,1H3;. The Bertz CT molecular complexity index is 509. The van der Waals surface area contributed by atoms with Crippen molar-refractivity contribution in [1.82, 2.24) is 0 Å². The first-order valence-corrected chi connectivity index (χ1v) is 6.00. The maximum Gasteiger partial charge on any atom is 0.337 e. The predicted octanol–water partition coefficient (Wildman–Crippen LogP) is 3.49. The zero-order chi connectivity index (χ0) is 11.5. The van der Waals surface area contributed by atoms with Gasteiger partial charge >= 0.3 is 5.97 Å².